The van der Waals surface area contributed by atoms with Gasteiger partial charge in [-0.05, 0) is 37.5 Å². The number of nitrogens with zero attached hydrogens (tertiary/aromatic N) is 3. The molecule has 1 aliphatic carbocycles. The number of hydrogen-bond donors (Lipinski definition) is 0. The van der Waals surface area contributed by atoms with Gasteiger partial charge in [-0.3, -0.25) is 9.69 Å². The van der Waals surface area contributed by atoms with E-state index in [1.807, 2.05) is 36.1 Å². The van der Waals surface area contributed by atoms with Gasteiger partial charge in [0.25, 0.3) is 0 Å². The second-order valence-electron chi connectivity index (χ2n) is 6.60. The van der Waals surface area contributed by atoms with E-state index >= 15 is 0 Å². The van der Waals surface area contributed by atoms with Gasteiger partial charge < -0.3 is 9.64 Å². The van der Waals surface area contributed by atoms with E-state index in [0.29, 0.717) is 12.2 Å². The van der Waals surface area contributed by atoms with Crippen LogP contribution in [0.1, 0.15) is 30.9 Å². The quantitative estimate of drug-likeness (QED) is 0.830. The Labute approximate surface area is 143 Å². The molecule has 1 saturated carbocycles. The van der Waals surface area contributed by atoms with Gasteiger partial charge in [-0.15, -0.1) is 0 Å². The first-order valence-electron chi connectivity index (χ1n) is 8.83. The normalized spacial score (nSPS) is 24.2. The molecule has 1 aliphatic heterocycles. The highest BCUT2D eigenvalue weighted by Crippen LogP contribution is 2.35. The van der Waals surface area contributed by atoms with E-state index in [1.165, 1.54) is 5.56 Å². The van der Waals surface area contributed by atoms with E-state index in [9.17, 15) is 4.79 Å². The predicted molar refractivity (Wildman–Crippen MR) is 91.2 cm³/mol. The third-order valence-electron chi connectivity index (χ3n) is 4.82. The van der Waals surface area contributed by atoms with Crippen molar-refractivity contribution in [2.24, 2.45) is 5.92 Å². The molecule has 0 bridgehead atoms. The lowest BCUT2D eigenvalue weighted by Crippen LogP contribution is -2.36. The van der Waals surface area contributed by atoms with Gasteiger partial charge in [0.15, 0.2) is 0 Å². The van der Waals surface area contributed by atoms with Crippen LogP contribution in [0.4, 0.5) is 0 Å². The number of carbonyl (C=O) groups excluding carboxylic acids is 1. The molecule has 3 rings (SSSR count). The van der Waals surface area contributed by atoms with Gasteiger partial charge in [-0.25, -0.2) is 0 Å². The van der Waals surface area contributed by atoms with Crippen LogP contribution in [0.3, 0.4) is 0 Å². The molecule has 0 radical (unpaired) electrons. The van der Waals surface area contributed by atoms with E-state index in [2.05, 4.69) is 11.0 Å². The Hall–Kier alpha value is -1.90. The molecule has 128 valence electrons. The van der Waals surface area contributed by atoms with Gasteiger partial charge in [-0.2, -0.15) is 5.26 Å². The summed E-state index contributed by atoms with van der Waals surface area (Å²) >= 11 is 0. The molecule has 2 fully saturated rings. The first-order chi connectivity index (χ1) is 11.7. The molecule has 1 heterocycles. The lowest BCUT2D eigenvalue weighted by atomic mass is 10.1. The molecule has 0 N–H and O–H groups in total. The van der Waals surface area contributed by atoms with Gasteiger partial charge in [0, 0.05) is 39.3 Å². The van der Waals surface area contributed by atoms with Gasteiger partial charge in [0.1, 0.15) is 0 Å². The zero-order valence-corrected chi connectivity index (χ0v) is 14.3. The van der Waals surface area contributed by atoms with Crippen molar-refractivity contribution >= 4 is 5.91 Å². The zero-order chi connectivity index (χ0) is 16.9. The second-order valence-corrected chi connectivity index (χ2v) is 6.60. The summed E-state index contributed by atoms with van der Waals surface area (Å²) in [4.78, 5) is 16.9. The van der Waals surface area contributed by atoms with Crippen molar-refractivity contribution in [1.82, 2.24) is 9.80 Å². The van der Waals surface area contributed by atoms with E-state index < -0.39 is 0 Å². The topological polar surface area (TPSA) is 56.6 Å². The van der Waals surface area contributed by atoms with Crippen molar-refractivity contribution in [3.63, 3.8) is 0 Å². The molecule has 2 atom stereocenters. The third-order valence-corrected chi connectivity index (χ3v) is 4.82. The van der Waals surface area contributed by atoms with Gasteiger partial charge in [0.05, 0.1) is 23.7 Å². The van der Waals surface area contributed by atoms with E-state index in [4.69, 9.17) is 10.00 Å². The number of ether oxygens (including phenoxy) is 1. The molecule has 2 aliphatic rings. The van der Waals surface area contributed by atoms with Gasteiger partial charge in [0.2, 0.25) is 5.91 Å². The maximum absolute atomic E-state index is 12.5. The summed E-state index contributed by atoms with van der Waals surface area (Å²) < 4.78 is 5.55. The number of nitriles is 1. The number of hydrogen-bond acceptors (Lipinski definition) is 4. The van der Waals surface area contributed by atoms with Crippen molar-refractivity contribution in [2.45, 2.75) is 32.4 Å². The molecular formula is C19H25N3O2. The Morgan fingerprint density at radius 2 is 2.04 bits per heavy atom. The van der Waals surface area contributed by atoms with Crippen LogP contribution in [-0.2, 0) is 16.1 Å². The Bertz CT molecular complexity index is 608. The summed E-state index contributed by atoms with van der Waals surface area (Å²) in [5.74, 6) is 0.365. The fourth-order valence-electron chi connectivity index (χ4n) is 3.36. The van der Waals surface area contributed by atoms with Crippen molar-refractivity contribution in [1.29, 1.82) is 5.26 Å². The molecule has 24 heavy (non-hydrogen) atoms. The molecule has 0 spiro atoms. The van der Waals surface area contributed by atoms with Crippen LogP contribution in [0.5, 0.6) is 0 Å². The second kappa shape index (κ2) is 7.78. The SMILES string of the molecule is CCO[C@@H]1C[C@H]1C(=O)N1CCCN(Cc2ccc(C#N)cc2)CC1. The fourth-order valence-corrected chi connectivity index (χ4v) is 3.36. The van der Waals surface area contributed by atoms with Crippen LogP contribution in [0.25, 0.3) is 0 Å². The highest BCUT2D eigenvalue weighted by Gasteiger charge is 2.45. The minimum Gasteiger partial charge on any atom is -0.378 e. The fraction of sp³-hybridized carbons (Fsp3) is 0.579. The maximum atomic E-state index is 12.5. The molecule has 1 saturated heterocycles. The number of carbonyl (C=O) groups is 1. The van der Waals surface area contributed by atoms with Gasteiger partial charge in [-0.1, -0.05) is 12.1 Å². The average Bonchev–Trinajstić information content (AvgIpc) is 3.39. The maximum Gasteiger partial charge on any atom is 0.228 e. The van der Waals surface area contributed by atoms with Crippen LogP contribution in [0, 0.1) is 17.2 Å². The summed E-state index contributed by atoms with van der Waals surface area (Å²) in [6.07, 6.45) is 2.05. The average molecular weight is 327 g/mol. The first-order valence-corrected chi connectivity index (χ1v) is 8.83. The molecule has 0 unspecified atom stereocenters. The molecule has 0 aromatic heterocycles. The molecule has 1 aromatic carbocycles. The predicted octanol–water partition coefficient (Wildman–Crippen LogP) is 2.02. The molecule has 1 amide bonds. The Morgan fingerprint density at radius 1 is 1.25 bits per heavy atom. The number of amides is 1. The van der Waals surface area contributed by atoms with E-state index in [-0.39, 0.29) is 17.9 Å². The molecule has 5 heteroatoms. The summed E-state index contributed by atoms with van der Waals surface area (Å²) in [7, 11) is 0. The van der Waals surface area contributed by atoms with E-state index in [1.54, 1.807) is 0 Å². The largest absolute Gasteiger partial charge is 0.378 e. The highest BCUT2D eigenvalue weighted by molar-refractivity contribution is 5.82. The zero-order valence-electron chi connectivity index (χ0n) is 14.3. The van der Waals surface area contributed by atoms with Crippen LogP contribution in [-0.4, -0.2) is 54.6 Å². The minimum absolute atomic E-state index is 0.0926. The van der Waals surface area contributed by atoms with Crippen molar-refractivity contribution in [2.75, 3.05) is 32.8 Å². The lowest BCUT2D eigenvalue weighted by Gasteiger charge is -2.22. The third kappa shape index (κ3) is 4.14. The Balaban J connectivity index is 1.50. The van der Waals surface area contributed by atoms with Crippen LogP contribution < -0.4 is 0 Å². The number of rotatable bonds is 5. The highest BCUT2D eigenvalue weighted by atomic mass is 16.5. The summed E-state index contributed by atoms with van der Waals surface area (Å²) in [6.45, 7) is 7.09. The summed E-state index contributed by atoms with van der Waals surface area (Å²) in [6, 6.07) is 9.91. The number of benzene rings is 1. The summed E-state index contributed by atoms with van der Waals surface area (Å²) in [5, 5.41) is 8.86. The Kier molecular flexibility index (Phi) is 5.49. The minimum atomic E-state index is 0.0926. The summed E-state index contributed by atoms with van der Waals surface area (Å²) in [5.41, 5.74) is 1.91. The lowest BCUT2D eigenvalue weighted by molar-refractivity contribution is -0.133. The monoisotopic (exact) mass is 327 g/mol. The van der Waals surface area contributed by atoms with Crippen LogP contribution in [0.15, 0.2) is 24.3 Å². The molecule has 5 nitrogen and oxygen atoms in total. The van der Waals surface area contributed by atoms with Gasteiger partial charge >= 0.3 is 0 Å². The smallest absolute Gasteiger partial charge is 0.228 e. The first kappa shape index (κ1) is 16.9. The van der Waals surface area contributed by atoms with Crippen molar-refractivity contribution < 1.29 is 9.53 Å². The molecular weight excluding hydrogens is 302 g/mol. The van der Waals surface area contributed by atoms with Crippen LogP contribution >= 0.6 is 0 Å². The Morgan fingerprint density at radius 3 is 2.75 bits per heavy atom. The van der Waals surface area contributed by atoms with Crippen molar-refractivity contribution in [3.05, 3.63) is 35.4 Å². The van der Waals surface area contributed by atoms with Crippen molar-refractivity contribution in [3.8, 4) is 6.07 Å². The standard InChI is InChI=1S/C19H25N3O2/c1-2-24-18-12-17(18)19(23)22-9-3-8-21(10-11-22)14-16-6-4-15(13-20)5-7-16/h4-7,17-18H,2-3,8-12,14H2,1H3/t17-,18-/m1/s1. The van der Waals surface area contributed by atoms with E-state index in [0.717, 1.165) is 45.6 Å². The molecule has 1 aromatic rings. The van der Waals surface area contributed by atoms with Crippen LogP contribution in [0.2, 0.25) is 0 Å².